The molecule has 9 heteroatoms. The normalized spacial score (nSPS) is 19.2. The van der Waals surface area contributed by atoms with E-state index in [0.717, 1.165) is 61.0 Å². The van der Waals surface area contributed by atoms with Gasteiger partial charge in [-0.15, -0.1) is 5.10 Å². The zero-order chi connectivity index (χ0) is 26.6. The van der Waals surface area contributed by atoms with E-state index in [9.17, 15) is 4.79 Å². The van der Waals surface area contributed by atoms with E-state index < -0.39 is 6.04 Å². The number of pyridine rings is 2. The first kappa shape index (κ1) is 25.8. The second-order valence-corrected chi connectivity index (χ2v) is 10.9. The van der Waals surface area contributed by atoms with Crippen molar-refractivity contribution in [1.29, 1.82) is 0 Å². The number of aryl methyl sites for hydroxylation is 1. The van der Waals surface area contributed by atoms with Crippen molar-refractivity contribution in [2.75, 3.05) is 13.2 Å². The summed E-state index contributed by atoms with van der Waals surface area (Å²) in [4.78, 5) is 23.6. The number of fused-ring (bicyclic) bond motifs is 1. The van der Waals surface area contributed by atoms with Gasteiger partial charge in [0.05, 0.1) is 12.1 Å². The summed E-state index contributed by atoms with van der Waals surface area (Å²) >= 11 is 0. The van der Waals surface area contributed by atoms with Crippen molar-refractivity contribution >= 4 is 10.9 Å². The Morgan fingerprint density at radius 2 is 2.00 bits per heavy atom. The average molecular weight is 528 g/mol. The van der Waals surface area contributed by atoms with Crippen molar-refractivity contribution in [2.45, 2.75) is 83.0 Å². The molecule has 1 aromatic carbocycles. The van der Waals surface area contributed by atoms with E-state index in [-0.39, 0.29) is 17.7 Å². The molecule has 1 N–H and O–H groups in total. The Kier molecular flexibility index (Phi) is 7.78. The highest BCUT2D eigenvalue weighted by Crippen LogP contribution is 2.34. The molecule has 39 heavy (non-hydrogen) atoms. The smallest absolute Gasteiger partial charge is 0.253 e. The highest BCUT2D eigenvalue weighted by atomic mass is 16.5. The standard InChI is InChI=1S/C30H37N7O2/c1-2-21-12-13-27-23(16-21)17-26(30(38)32-27)28(29-33-34-35-37(29)24-9-4-3-5-10-24)36(20-25-11-7-15-39-25)19-22-8-6-14-31-18-22/h6,8,12-14,16-18,24-25,28H,2-5,7,9-11,15,19-20H2,1H3,(H,32,38). The fourth-order valence-corrected chi connectivity index (χ4v) is 6.20. The third-order valence-corrected chi connectivity index (χ3v) is 8.26. The first-order valence-corrected chi connectivity index (χ1v) is 14.4. The molecule has 6 rings (SSSR count). The molecule has 3 aromatic heterocycles. The van der Waals surface area contributed by atoms with E-state index in [1.165, 1.54) is 24.8 Å². The molecule has 1 aliphatic heterocycles. The highest BCUT2D eigenvalue weighted by molar-refractivity contribution is 5.80. The van der Waals surface area contributed by atoms with E-state index in [1.807, 2.05) is 29.1 Å². The van der Waals surface area contributed by atoms with Crippen LogP contribution in [-0.4, -0.2) is 54.3 Å². The van der Waals surface area contributed by atoms with Crippen LogP contribution in [0.1, 0.15) is 86.5 Å². The first-order valence-electron chi connectivity index (χ1n) is 14.4. The van der Waals surface area contributed by atoms with Gasteiger partial charge in [-0.2, -0.15) is 0 Å². The van der Waals surface area contributed by atoms with Gasteiger partial charge in [0.1, 0.15) is 6.04 Å². The molecule has 4 aromatic rings. The maximum atomic E-state index is 13.8. The molecule has 2 unspecified atom stereocenters. The predicted octanol–water partition coefficient (Wildman–Crippen LogP) is 4.75. The summed E-state index contributed by atoms with van der Waals surface area (Å²) in [6.07, 6.45) is 12.4. The van der Waals surface area contributed by atoms with Gasteiger partial charge in [0.2, 0.25) is 0 Å². The van der Waals surface area contributed by atoms with Gasteiger partial charge >= 0.3 is 0 Å². The van der Waals surface area contributed by atoms with Gasteiger partial charge in [-0.05, 0) is 83.3 Å². The van der Waals surface area contributed by atoms with E-state index in [1.54, 1.807) is 6.20 Å². The number of aromatic amines is 1. The molecule has 2 fully saturated rings. The Bertz CT molecular complexity index is 1440. The summed E-state index contributed by atoms with van der Waals surface area (Å²) in [6.45, 7) is 4.18. The van der Waals surface area contributed by atoms with Gasteiger partial charge in [0.15, 0.2) is 5.82 Å². The van der Waals surface area contributed by atoms with Crippen LogP contribution in [0.4, 0.5) is 0 Å². The lowest BCUT2D eigenvalue weighted by Gasteiger charge is -2.34. The molecule has 0 bridgehead atoms. The fraction of sp³-hybridized carbons (Fsp3) is 0.500. The molecule has 204 valence electrons. The summed E-state index contributed by atoms with van der Waals surface area (Å²) in [7, 11) is 0. The quantitative estimate of drug-likeness (QED) is 0.335. The summed E-state index contributed by atoms with van der Waals surface area (Å²) in [5, 5.41) is 14.3. The zero-order valence-corrected chi connectivity index (χ0v) is 22.6. The number of H-pyrrole nitrogens is 1. The minimum absolute atomic E-state index is 0.0921. The lowest BCUT2D eigenvalue weighted by molar-refractivity contribution is 0.0567. The van der Waals surface area contributed by atoms with E-state index in [0.29, 0.717) is 18.7 Å². The number of hydrogen-bond acceptors (Lipinski definition) is 7. The van der Waals surface area contributed by atoms with E-state index in [2.05, 4.69) is 55.5 Å². The van der Waals surface area contributed by atoms with Crippen molar-refractivity contribution in [3.8, 4) is 0 Å². The number of benzene rings is 1. The summed E-state index contributed by atoms with van der Waals surface area (Å²) < 4.78 is 8.10. The molecule has 1 aliphatic carbocycles. The number of nitrogens with zero attached hydrogens (tertiary/aromatic N) is 6. The van der Waals surface area contributed by atoms with Gasteiger partial charge in [0, 0.05) is 43.2 Å². The van der Waals surface area contributed by atoms with Crippen LogP contribution in [-0.2, 0) is 17.7 Å². The molecule has 1 saturated heterocycles. The maximum Gasteiger partial charge on any atom is 0.253 e. The maximum absolute atomic E-state index is 13.8. The van der Waals surface area contributed by atoms with Crippen molar-refractivity contribution in [2.24, 2.45) is 0 Å². The molecule has 4 heterocycles. The molecule has 1 saturated carbocycles. The number of tetrazole rings is 1. The van der Waals surface area contributed by atoms with Crippen LogP contribution < -0.4 is 5.56 Å². The fourth-order valence-electron chi connectivity index (χ4n) is 6.20. The van der Waals surface area contributed by atoms with Gasteiger partial charge in [-0.1, -0.05) is 38.3 Å². The summed E-state index contributed by atoms with van der Waals surface area (Å²) in [6, 6.07) is 12.1. The number of ether oxygens (including phenoxy) is 1. The third-order valence-electron chi connectivity index (χ3n) is 8.26. The summed E-state index contributed by atoms with van der Waals surface area (Å²) in [5.74, 6) is 0.722. The molecule has 2 atom stereocenters. The van der Waals surface area contributed by atoms with E-state index >= 15 is 0 Å². The molecule has 0 radical (unpaired) electrons. The molecule has 2 aliphatic rings. The average Bonchev–Trinajstić information content (AvgIpc) is 3.67. The Hall–Kier alpha value is -3.43. The number of aromatic nitrogens is 6. The Labute approximate surface area is 228 Å². The number of hydrogen-bond donors (Lipinski definition) is 1. The predicted molar refractivity (Wildman–Crippen MR) is 149 cm³/mol. The van der Waals surface area contributed by atoms with Gasteiger partial charge < -0.3 is 9.72 Å². The minimum atomic E-state index is -0.440. The van der Waals surface area contributed by atoms with Crippen LogP contribution in [0.25, 0.3) is 10.9 Å². The van der Waals surface area contributed by atoms with Gasteiger partial charge in [-0.25, -0.2) is 4.68 Å². The molecule has 0 spiro atoms. The van der Waals surface area contributed by atoms with Crippen molar-refractivity contribution in [3.63, 3.8) is 0 Å². The largest absolute Gasteiger partial charge is 0.377 e. The SMILES string of the molecule is CCc1ccc2[nH]c(=O)c(C(c3nnnn3C3CCCCC3)N(Cc3cccnc3)CC3CCCO3)cc2c1. The Morgan fingerprint density at radius 3 is 2.77 bits per heavy atom. The number of nitrogens with one attached hydrogen (secondary N) is 1. The Morgan fingerprint density at radius 1 is 1.10 bits per heavy atom. The molecule has 9 nitrogen and oxygen atoms in total. The lowest BCUT2D eigenvalue weighted by Crippen LogP contribution is -2.39. The zero-order valence-electron chi connectivity index (χ0n) is 22.6. The van der Waals surface area contributed by atoms with Crippen molar-refractivity contribution in [3.05, 3.63) is 81.7 Å². The van der Waals surface area contributed by atoms with Crippen LogP contribution in [0.3, 0.4) is 0 Å². The topological polar surface area (TPSA) is 102 Å². The van der Waals surface area contributed by atoms with Crippen LogP contribution >= 0.6 is 0 Å². The van der Waals surface area contributed by atoms with Gasteiger partial charge in [-0.3, -0.25) is 14.7 Å². The minimum Gasteiger partial charge on any atom is -0.377 e. The van der Waals surface area contributed by atoms with Crippen LogP contribution in [0, 0.1) is 0 Å². The van der Waals surface area contributed by atoms with Crippen LogP contribution in [0.5, 0.6) is 0 Å². The molecular weight excluding hydrogens is 490 g/mol. The second kappa shape index (κ2) is 11.8. The monoisotopic (exact) mass is 527 g/mol. The van der Waals surface area contributed by atoms with Crippen LogP contribution in [0.15, 0.2) is 53.6 Å². The van der Waals surface area contributed by atoms with Crippen molar-refractivity contribution < 1.29 is 4.74 Å². The number of rotatable bonds is 9. The highest BCUT2D eigenvalue weighted by Gasteiger charge is 2.35. The lowest BCUT2D eigenvalue weighted by atomic mass is 9.95. The third kappa shape index (κ3) is 5.65. The Balaban J connectivity index is 1.50. The van der Waals surface area contributed by atoms with E-state index in [4.69, 9.17) is 4.74 Å². The molecule has 0 amide bonds. The molecular formula is C30H37N7O2. The summed E-state index contributed by atoms with van der Waals surface area (Å²) in [5.41, 5.74) is 3.69. The second-order valence-electron chi connectivity index (χ2n) is 10.9. The van der Waals surface area contributed by atoms with Crippen LogP contribution in [0.2, 0.25) is 0 Å². The van der Waals surface area contributed by atoms with Crippen molar-refractivity contribution in [1.82, 2.24) is 35.1 Å². The first-order chi connectivity index (χ1) is 19.2. The van der Waals surface area contributed by atoms with Gasteiger partial charge in [0.25, 0.3) is 5.56 Å².